The Morgan fingerprint density at radius 2 is 1.85 bits per heavy atom. The summed E-state index contributed by atoms with van der Waals surface area (Å²) in [6.45, 7) is 0.607. The van der Waals surface area contributed by atoms with Crippen molar-refractivity contribution in [3.05, 3.63) is 47.3 Å². The van der Waals surface area contributed by atoms with Crippen LogP contribution >= 0.6 is 0 Å². The van der Waals surface area contributed by atoms with E-state index in [9.17, 15) is 0 Å². The van der Waals surface area contributed by atoms with Gasteiger partial charge in [0.05, 0.1) is 0 Å². The van der Waals surface area contributed by atoms with Crippen molar-refractivity contribution in [2.24, 2.45) is 0 Å². The number of hydrogen-bond acceptors (Lipinski definition) is 4. The van der Waals surface area contributed by atoms with E-state index in [0.29, 0.717) is 6.54 Å². The molecule has 0 radical (unpaired) electrons. The molecule has 2 aromatic rings. The number of nitrogens with two attached hydrogens (primary N) is 1. The highest BCUT2D eigenvalue weighted by molar-refractivity contribution is 5.43. The molecule has 20 heavy (non-hydrogen) atoms. The molecule has 5 nitrogen and oxygen atoms in total. The molecule has 2 rings (SSSR count). The summed E-state index contributed by atoms with van der Waals surface area (Å²) in [7, 11) is 0. The summed E-state index contributed by atoms with van der Waals surface area (Å²) in [5.41, 5.74) is 7.39. The van der Waals surface area contributed by atoms with E-state index in [1.165, 1.54) is 5.56 Å². The van der Waals surface area contributed by atoms with Crippen LogP contribution in [0.3, 0.4) is 0 Å². The summed E-state index contributed by atoms with van der Waals surface area (Å²) in [4.78, 5) is 3.89. The predicted molar refractivity (Wildman–Crippen MR) is 75.4 cm³/mol. The lowest BCUT2D eigenvalue weighted by atomic mass is 10.1. The summed E-state index contributed by atoms with van der Waals surface area (Å²) >= 11 is 0. The monoisotopic (exact) mass is 265 g/mol. The van der Waals surface area contributed by atoms with Crippen molar-refractivity contribution in [3.8, 4) is 12.1 Å². The van der Waals surface area contributed by atoms with Crippen molar-refractivity contribution in [1.29, 1.82) is 10.5 Å². The first kappa shape index (κ1) is 13.6. The largest absolute Gasteiger partial charge is 0.369 e. The number of benzene rings is 1. The van der Waals surface area contributed by atoms with E-state index < -0.39 is 0 Å². The Labute approximate surface area is 117 Å². The van der Waals surface area contributed by atoms with Gasteiger partial charge in [0, 0.05) is 6.54 Å². The third kappa shape index (κ3) is 2.96. The lowest BCUT2D eigenvalue weighted by Crippen LogP contribution is -2.06. The first-order valence-electron chi connectivity index (χ1n) is 6.46. The van der Waals surface area contributed by atoms with Gasteiger partial charge in [0.1, 0.15) is 12.1 Å². The number of nitrogens with zero attached hydrogens (tertiary/aromatic N) is 4. The van der Waals surface area contributed by atoms with E-state index >= 15 is 0 Å². The lowest BCUT2D eigenvalue weighted by Gasteiger charge is -2.06. The predicted octanol–water partition coefficient (Wildman–Crippen LogP) is 2.23. The van der Waals surface area contributed by atoms with Gasteiger partial charge < -0.3 is 10.3 Å². The number of anilines is 1. The van der Waals surface area contributed by atoms with Gasteiger partial charge in [-0.05, 0) is 24.8 Å². The molecule has 0 saturated carbocycles. The summed E-state index contributed by atoms with van der Waals surface area (Å²) in [6.07, 6.45) is 2.87. The minimum atomic E-state index is 0.105. The lowest BCUT2D eigenvalue weighted by molar-refractivity contribution is 0.611. The SMILES string of the molecule is N#Cc1nc(N)n(CCCCc2ccccc2)c1C#N. The van der Waals surface area contributed by atoms with Gasteiger partial charge in [-0.1, -0.05) is 30.3 Å². The zero-order valence-corrected chi connectivity index (χ0v) is 11.1. The molecule has 0 spiro atoms. The molecule has 0 amide bonds. The molecule has 0 aliphatic rings. The van der Waals surface area contributed by atoms with Gasteiger partial charge >= 0.3 is 0 Å². The highest BCUT2D eigenvalue weighted by Crippen LogP contribution is 2.14. The maximum atomic E-state index is 9.06. The third-order valence-corrected chi connectivity index (χ3v) is 3.15. The molecular formula is C15H15N5. The van der Waals surface area contributed by atoms with E-state index in [2.05, 4.69) is 17.1 Å². The van der Waals surface area contributed by atoms with E-state index in [4.69, 9.17) is 16.3 Å². The van der Waals surface area contributed by atoms with Gasteiger partial charge in [0.2, 0.25) is 5.95 Å². The standard InChI is InChI=1S/C15H15N5/c16-10-13-14(11-17)20(15(18)19-13)9-5-4-8-12-6-2-1-3-7-12/h1-3,6-7H,4-5,8-9H2,(H2,18,19). The molecule has 2 N–H and O–H groups in total. The van der Waals surface area contributed by atoms with Crippen LogP contribution in [0.5, 0.6) is 0 Å². The topological polar surface area (TPSA) is 91.4 Å². The molecule has 100 valence electrons. The van der Waals surface area contributed by atoms with Crippen molar-refractivity contribution in [1.82, 2.24) is 9.55 Å². The fraction of sp³-hybridized carbons (Fsp3) is 0.267. The molecule has 1 aromatic carbocycles. The Balaban J connectivity index is 1.94. The minimum Gasteiger partial charge on any atom is -0.369 e. The second-order valence-corrected chi connectivity index (χ2v) is 4.49. The fourth-order valence-electron chi connectivity index (χ4n) is 2.13. The van der Waals surface area contributed by atoms with Crippen LogP contribution in [0.2, 0.25) is 0 Å². The van der Waals surface area contributed by atoms with E-state index in [0.717, 1.165) is 19.3 Å². The molecule has 5 heteroatoms. The van der Waals surface area contributed by atoms with Crippen molar-refractivity contribution in [3.63, 3.8) is 0 Å². The molecule has 0 aliphatic heterocycles. The maximum Gasteiger partial charge on any atom is 0.202 e. The summed E-state index contributed by atoms with van der Waals surface area (Å²) in [6, 6.07) is 14.1. The highest BCUT2D eigenvalue weighted by atomic mass is 15.2. The number of hydrogen-bond donors (Lipinski definition) is 1. The molecule has 1 aromatic heterocycles. The zero-order valence-electron chi connectivity index (χ0n) is 11.1. The van der Waals surface area contributed by atoms with Crippen LogP contribution in [-0.4, -0.2) is 9.55 Å². The normalized spacial score (nSPS) is 9.90. The molecule has 0 bridgehead atoms. The number of unbranched alkanes of at least 4 members (excludes halogenated alkanes) is 1. The summed E-state index contributed by atoms with van der Waals surface area (Å²) < 4.78 is 1.61. The van der Waals surface area contributed by atoms with Crippen molar-refractivity contribution in [2.45, 2.75) is 25.8 Å². The first-order valence-corrected chi connectivity index (χ1v) is 6.46. The van der Waals surface area contributed by atoms with Crippen molar-refractivity contribution >= 4 is 5.95 Å². The molecule has 0 atom stereocenters. The molecule has 0 unspecified atom stereocenters. The van der Waals surface area contributed by atoms with Crippen LogP contribution in [0.4, 0.5) is 5.95 Å². The third-order valence-electron chi connectivity index (χ3n) is 3.15. The van der Waals surface area contributed by atoms with Gasteiger partial charge in [-0.3, -0.25) is 0 Å². The van der Waals surface area contributed by atoms with Gasteiger partial charge in [0.15, 0.2) is 11.4 Å². The average molecular weight is 265 g/mol. The quantitative estimate of drug-likeness (QED) is 0.839. The number of aromatic nitrogens is 2. The molecule has 0 saturated heterocycles. The van der Waals surface area contributed by atoms with E-state index in [1.54, 1.807) is 4.57 Å². The Morgan fingerprint density at radius 3 is 2.50 bits per heavy atom. The number of imidazole rings is 1. The van der Waals surface area contributed by atoms with Crippen LogP contribution in [0, 0.1) is 22.7 Å². The molecular weight excluding hydrogens is 250 g/mol. The number of rotatable bonds is 5. The highest BCUT2D eigenvalue weighted by Gasteiger charge is 2.14. The number of nitrogen functional groups attached to an aromatic ring is 1. The Hall–Kier alpha value is -2.79. The number of aryl methyl sites for hydroxylation is 1. The minimum absolute atomic E-state index is 0.105. The fourth-order valence-corrected chi connectivity index (χ4v) is 2.13. The van der Waals surface area contributed by atoms with Crippen LogP contribution in [-0.2, 0) is 13.0 Å². The average Bonchev–Trinajstić information content (AvgIpc) is 2.80. The van der Waals surface area contributed by atoms with Crippen LogP contribution in [0.1, 0.15) is 29.8 Å². The second-order valence-electron chi connectivity index (χ2n) is 4.49. The van der Waals surface area contributed by atoms with Gasteiger partial charge in [-0.25, -0.2) is 4.98 Å². The Kier molecular flexibility index (Phi) is 4.36. The van der Waals surface area contributed by atoms with Crippen LogP contribution in [0.15, 0.2) is 30.3 Å². The number of nitriles is 2. The molecule has 0 aliphatic carbocycles. The van der Waals surface area contributed by atoms with E-state index in [-0.39, 0.29) is 17.3 Å². The smallest absolute Gasteiger partial charge is 0.202 e. The van der Waals surface area contributed by atoms with Crippen molar-refractivity contribution in [2.75, 3.05) is 5.73 Å². The van der Waals surface area contributed by atoms with E-state index in [1.807, 2.05) is 30.3 Å². The van der Waals surface area contributed by atoms with Gasteiger partial charge in [0.25, 0.3) is 0 Å². The maximum absolute atomic E-state index is 9.06. The Morgan fingerprint density at radius 1 is 1.10 bits per heavy atom. The zero-order chi connectivity index (χ0) is 14.4. The summed E-state index contributed by atoms with van der Waals surface area (Å²) in [5.74, 6) is 0.234. The van der Waals surface area contributed by atoms with Gasteiger partial charge in [-0.15, -0.1) is 0 Å². The molecule has 0 fully saturated rings. The molecule has 1 heterocycles. The van der Waals surface area contributed by atoms with Crippen LogP contribution in [0.25, 0.3) is 0 Å². The van der Waals surface area contributed by atoms with Crippen LogP contribution < -0.4 is 5.73 Å². The summed E-state index contributed by atoms with van der Waals surface area (Å²) in [5, 5.41) is 17.9. The van der Waals surface area contributed by atoms with Gasteiger partial charge in [-0.2, -0.15) is 10.5 Å². The first-order chi connectivity index (χ1) is 9.76. The Bertz CT molecular complexity index is 658. The van der Waals surface area contributed by atoms with Crippen molar-refractivity contribution < 1.29 is 0 Å². The second kappa shape index (κ2) is 6.40.